The zero-order valence-electron chi connectivity index (χ0n) is 20.3. The average molecular weight is 504 g/mol. The summed E-state index contributed by atoms with van der Waals surface area (Å²) in [4.78, 5) is 7.24. The maximum atomic E-state index is 15.6. The number of nitrogens with one attached hydrogen (secondary N) is 1. The van der Waals surface area contributed by atoms with Crippen molar-refractivity contribution in [2.45, 2.75) is 31.5 Å². The van der Waals surface area contributed by atoms with E-state index in [1.807, 2.05) is 41.0 Å². The summed E-state index contributed by atoms with van der Waals surface area (Å²) >= 11 is 0. The van der Waals surface area contributed by atoms with Crippen LogP contribution in [0.1, 0.15) is 29.8 Å². The van der Waals surface area contributed by atoms with Gasteiger partial charge in [-0.25, -0.2) is 8.78 Å². The van der Waals surface area contributed by atoms with Crippen molar-refractivity contribution in [2.75, 3.05) is 46.1 Å². The Hall–Kier alpha value is -2.59. The molecule has 194 valence electrons. The van der Waals surface area contributed by atoms with E-state index in [9.17, 15) is 14.6 Å². The molecule has 1 saturated heterocycles. The van der Waals surface area contributed by atoms with Crippen LogP contribution in [0.5, 0.6) is 5.75 Å². The Morgan fingerprint density at radius 1 is 1.17 bits per heavy atom. The third kappa shape index (κ3) is 4.72. The number of fused-ring (bicyclic) bond motifs is 3. The van der Waals surface area contributed by atoms with Crippen LogP contribution < -0.4 is 4.74 Å². The van der Waals surface area contributed by atoms with E-state index >= 15 is 8.78 Å². The fourth-order valence-electron chi connectivity index (χ4n) is 5.56. The summed E-state index contributed by atoms with van der Waals surface area (Å²) < 4.78 is 49.4. The van der Waals surface area contributed by atoms with Crippen LogP contribution in [0.25, 0.3) is 10.9 Å². The van der Waals surface area contributed by atoms with Crippen LogP contribution >= 0.6 is 0 Å². The Labute approximate surface area is 208 Å². The highest BCUT2D eigenvalue weighted by Crippen LogP contribution is 2.43. The fourth-order valence-corrected chi connectivity index (χ4v) is 5.56. The Bertz CT molecular complexity index is 1190. The largest absolute Gasteiger partial charge is 0.492 e. The second-order valence-corrected chi connectivity index (χ2v) is 9.98. The number of halogens is 3. The van der Waals surface area contributed by atoms with Crippen molar-refractivity contribution in [1.82, 2.24) is 14.8 Å². The first-order valence-corrected chi connectivity index (χ1v) is 12.4. The molecule has 0 aliphatic carbocycles. The maximum Gasteiger partial charge on any atom is 0.135 e. The topological polar surface area (TPSA) is 72.0 Å². The fraction of sp³-hybridized carbons (Fsp3) is 0.481. The lowest BCUT2D eigenvalue weighted by atomic mass is 9.87. The van der Waals surface area contributed by atoms with Crippen molar-refractivity contribution >= 4 is 10.9 Å². The zero-order chi connectivity index (χ0) is 25.4. The molecule has 6 nitrogen and oxygen atoms in total. The zero-order valence-corrected chi connectivity index (χ0v) is 20.3. The second-order valence-electron chi connectivity index (χ2n) is 9.98. The van der Waals surface area contributed by atoms with Crippen molar-refractivity contribution in [3.63, 3.8) is 0 Å². The molecule has 0 radical (unpaired) electrons. The number of hydrogen-bond acceptors (Lipinski definition) is 5. The lowest BCUT2D eigenvalue weighted by Gasteiger charge is -2.42. The number of rotatable bonds is 9. The molecule has 0 amide bonds. The van der Waals surface area contributed by atoms with Crippen LogP contribution in [-0.4, -0.2) is 83.2 Å². The smallest absolute Gasteiger partial charge is 0.135 e. The number of aromatic amines is 1. The van der Waals surface area contributed by atoms with Gasteiger partial charge in [-0.15, -0.1) is 0 Å². The number of ether oxygens (including phenoxy) is 1. The molecule has 0 spiro atoms. The van der Waals surface area contributed by atoms with E-state index in [0.29, 0.717) is 31.7 Å². The highest BCUT2D eigenvalue weighted by molar-refractivity contribution is 5.85. The summed E-state index contributed by atoms with van der Waals surface area (Å²) in [7, 11) is 0. The Balaban J connectivity index is 1.46. The summed E-state index contributed by atoms with van der Waals surface area (Å²) in [6.45, 7) is 3.39. The average Bonchev–Trinajstić information content (AvgIpc) is 3.19. The highest BCUT2D eigenvalue weighted by atomic mass is 19.1. The molecule has 3 atom stereocenters. The summed E-state index contributed by atoms with van der Waals surface area (Å²) in [6.07, 6.45) is -0.411. The molecule has 9 heteroatoms. The first-order valence-electron chi connectivity index (χ1n) is 12.4. The third-order valence-corrected chi connectivity index (χ3v) is 7.40. The van der Waals surface area contributed by atoms with Gasteiger partial charge >= 0.3 is 0 Å². The van der Waals surface area contributed by atoms with Gasteiger partial charge in [0.1, 0.15) is 24.0 Å². The molecular formula is C27H32F3N3O3. The Kier molecular flexibility index (Phi) is 7.25. The minimum atomic E-state index is -1.05. The number of H-pyrrole nitrogens is 1. The second kappa shape index (κ2) is 10.4. The standard InChI is InChI=1S/C27H32F3N3O3/c1-16-8-21-20-4-2-3-5-24(20)31-26(21)27(33(16)14-18(35)15-34)25-22(29)9-19(10-23(25)30)36-7-6-32-12-17(11-28)13-32/h2-5,9-10,16-18,27,31,34-35H,6-8,11-15H2,1H3/t16-,18-,27-/m1/s1. The monoisotopic (exact) mass is 503 g/mol. The molecule has 0 bridgehead atoms. The van der Waals surface area contributed by atoms with Gasteiger partial charge in [0.15, 0.2) is 0 Å². The van der Waals surface area contributed by atoms with Gasteiger partial charge in [-0.1, -0.05) is 18.2 Å². The van der Waals surface area contributed by atoms with Gasteiger partial charge in [-0.05, 0) is 25.0 Å². The molecule has 36 heavy (non-hydrogen) atoms. The molecule has 0 saturated carbocycles. The molecule has 3 N–H and O–H groups in total. The van der Waals surface area contributed by atoms with Crippen molar-refractivity contribution in [2.24, 2.45) is 5.92 Å². The number of para-hydroxylation sites is 1. The quantitative estimate of drug-likeness (QED) is 0.418. The van der Waals surface area contributed by atoms with Crippen LogP contribution in [0, 0.1) is 17.6 Å². The number of alkyl halides is 1. The minimum Gasteiger partial charge on any atom is -0.492 e. The number of likely N-dealkylation sites (tertiary alicyclic amines) is 1. The van der Waals surface area contributed by atoms with E-state index < -0.39 is 30.4 Å². The number of β-amino-alcohol motifs (C(OH)–C–C–N with tert-alkyl or cyclic N) is 1. The van der Waals surface area contributed by atoms with Crippen LogP contribution in [0.3, 0.4) is 0 Å². The number of benzene rings is 2. The van der Waals surface area contributed by atoms with Gasteiger partial charge in [0.25, 0.3) is 0 Å². The maximum absolute atomic E-state index is 15.6. The summed E-state index contributed by atoms with van der Waals surface area (Å²) in [5.74, 6) is -1.31. The van der Waals surface area contributed by atoms with Gasteiger partial charge in [0.2, 0.25) is 0 Å². The van der Waals surface area contributed by atoms with E-state index in [1.54, 1.807) is 0 Å². The highest BCUT2D eigenvalue weighted by Gasteiger charge is 2.39. The molecule has 3 aromatic rings. The molecule has 2 aliphatic rings. The lowest BCUT2D eigenvalue weighted by Crippen LogP contribution is -2.49. The first-order chi connectivity index (χ1) is 17.4. The van der Waals surface area contributed by atoms with Gasteiger partial charge in [0.05, 0.1) is 25.4 Å². The molecule has 1 aromatic heterocycles. The molecule has 5 rings (SSSR count). The van der Waals surface area contributed by atoms with E-state index in [1.165, 1.54) is 12.1 Å². The van der Waals surface area contributed by atoms with Crippen molar-refractivity contribution in [3.8, 4) is 5.75 Å². The van der Waals surface area contributed by atoms with Crippen LogP contribution in [0.15, 0.2) is 36.4 Å². The Morgan fingerprint density at radius 3 is 2.58 bits per heavy atom. The van der Waals surface area contributed by atoms with E-state index in [2.05, 4.69) is 4.98 Å². The molecule has 1 fully saturated rings. The van der Waals surface area contributed by atoms with Gasteiger partial charge in [-0.3, -0.25) is 14.2 Å². The summed E-state index contributed by atoms with van der Waals surface area (Å²) in [5.41, 5.74) is 2.44. The first kappa shape index (κ1) is 25.1. The lowest BCUT2D eigenvalue weighted by molar-refractivity contribution is 0.0287. The molecular weight excluding hydrogens is 471 g/mol. The minimum absolute atomic E-state index is 0.0595. The van der Waals surface area contributed by atoms with Crippen molar-refractivity contribution in [3.05, 3.63) is 64.9 Å². The SMILES string of the molecule is C[C@@H]1Cc2c([nH]c3ccccc23)[C@@H](c2c(F)cc(OCCN3CC(CF)C3)cc2F)N1C[C@@H](O)CO. The number of aromatic nitrogens is 1. The molecule has 2 aliphatic heterocycles. The van der Waals surface area contributed by atoms with Crippen molar-refractivity contribution in [1.29, 1.82) is 0 Å². The van der Waals surface area contributed by atoms with E-state index in [4.69, 9.17) is 4.74 Å². The number of aliphatic hydroxyl groups excluding tert-OH is 2. The van der Waals surface area contributed by atoms with Gasteiger partial charge in [-0.2, -0.15) is 0 Å². The van der Waals surface area contributed by atoms with Gasteiger partial charge < -0.3 is 19.9 Å². The summed E-state index contributed by atoms with van der Waals surface area (Å²) in [5, 5.41) is 20.7. The van der Waals surface area contributed by atoms with Gasteiger partial charge in [0, 0.05) is 72.4 Å². The summed E-state index contributed by atoms with van der Waals surface area (Å²) in [6, 6.07) is 9.20. The number of nitrogens with zero attached hydrogens (tertiary/aromatic N) is 2. The van der Waals surface area contributed by atoms with E-state index in [-0.39, 0.29) is 43.1 Å². The van der Waals surface area contributed by atoms with Crippen LogP contribution in [0.2, 0.25) is 0 Å². The predicted molar refractivity (Wildman–Crippen MR) is 131 cm³/mol. The normalized spacial score (nSPS) is 21.9. The molecule has 0 unspecified atom stereocenters. The number of hydrogen-bond donors (Lipinski definition) is 3. The number of aliphatic hydroxyl groups is 2. The van der Waals surface area contributed by atoms with Crippen molar-refractivity contribution < 1.29 is 28.1 Å². The van der Waals surface area contributed by atoms with E-state index in [0.717, 1.165) is 16.5 Å². The molecule has 2 aromatic carbocycles. The van der Waals surface area contributed by atoms with Crippen LogP contribution in [-0.2, 0) is 6.42 Å². The molecule has 3 heterocycles. The van der Waals surface area contributed by atoms with Crippen LogP contribution in [0.4, 0.5) is 13.2 Å². The third-order valence-electron chi connectivity index (χ3n) is 7.40. The Morgan fingerprint density at radius 2 is 1.89 bits per heavy atom. The predicted octanol–water partition coefficient (Wildman–Crippen LogP) is 3.42.